The molecule has 0 radical (unpaired) electrons. The number of fused-ring (bicyclic) bond motifs is 3. The molecule has 1 unspecified atom stereocenters. The summed E-state index contributed by atoms with van der Waals surface area (Å²) in [5, 5.41) is 28.0. The number of anilines is 1. The van der Waals surface area contributed by atoms with Gasteiger partial charge in [-0.2, -0.15) is 4.98 Å². The van der Waals surface area contributed by atoms with Crippen LogP contribution in [0.1, 0.15) is 43.2 Å². The van der Waals surface area contributed by atoms with Crippen molar-refractivity contribution >= 4 is 17.0 Å². The molecule has 0 spiro atoms. The molecule has 0 amide bonds. The van der Waals surface area contributed by atoms with Gasteiger partial charge < -0.3 is 20.1 Å². The average molecular weight is 393 g/mol. The molecule has 0 bridgehead atoms. The Kier molecular flexibility index (Phi) is 4.73. The molecule has 152 valence electrons. The number of aliphatic hydroxyl groups is 2. The largest absolute Gasteiger partial charge is 0.393 e. The lowest BCUT2D eigenvalue weighted by molar-refractivity contribution is 0.117. The van der Waals surface area contributed by atoms with E-state index < -0.39 is 6.23 Å². The first-order valence-corrected chi connectivity index (χ1v) is 10.4. The van der Waals surface area contributed by atoms with E-state index in [0.29, 0.717) is 12.5 Å². The highest BCUT2D eigenvalue weighted by Gasteiger charge is 2.29. The summed E-state index contributed by atoms with van der Waals surface area (Å²) < 4.78 is 2.12. The standard InChI is InChI=1S/C22H27N5O2/c1-13-4-2-3-5-16(13)18-17-12-24-22(25-14-6-8-15(28)9-7-14)26-20(17)27-11-10-23-21(29)19(18)27/h2-5,12,14-15,21,23,28-29H,6-11H2,1H3,(H,24,25,26). The first kappa shape index (κ1) is 18.5. The Bertz CT molecular complexity index is 1040. The normalized spacial score (nSPS) is 24.4. The zero-order valence-electron chi connectivity index (χ0n) is 16.6. The summed E-state index contributed by atoms with van der Waals surface area (Å²) in [4.78, 5) is 9.46. The zero-order valence-corrected chi connectivity index (χ0v) is 16.6. The Morgan fingerprint density at radius 1 is 1.14 bits per heavy atom. The first-order chi connectivity index (χ1) is 14.1. The quantitative estimate of drug-likeness (QED) is 0.547. The predicted molar refractivity (Wildman–Crippen MR) is 113 cm³/mol. The number of hydrogen-bond donors (Lipinski definition) is 4. The van der Waals surface area contributed by atoms with E-state index >= 15 is 0 Å². The van der Waals surface area contributed by atoms with Gasteiger partial charge in [-0.05, 0) is 43.7 Å². The lowest BCUT2D eigenvalue weighted by Gasteiger charge is -2.26. The maximum Gasteiger partial charge on any atom is 0.224 e. The van der Waals surface area contributed by atoms with Crippen LogP contribution >= 0.6 is 0 Å². The molecule has 2 aliphatic rings. The summed E-state index contributed by atoms with van der Waals surface area (Å²) in [6, 6.07) is 8.51. The van der Waals surface area contributed by atoms with Crippen molar-refractivity contribution in [1.29, 1.82) is 0 Å². The summed E-state index contributed by atoms with van der Waals surface area (Å²) in [6.07, 6.45) is 4.44. The van der Waals surface area contributed by atoms with Gasteiger partial charge in [0.05, 0.1) is 11.8 Å². The zero-order chi connectivity index (χ0) is 20.0. The molecule has 7 heteroatoms. The predicted octanol–water partition coefficient (Wildman–Crippen LogP) is 2.72. The molecular formula is C22H27N5O2. The average Bonchev–Trinajstić information content (AvgIpc) is 3.05. The summed E-state index contributed by atoms with van der Waals surface area (Å²) in [5.74, 6) is 0.614. The Morgan fingerprint density at radius 2 is 1.93 bits per heavy atom. The van der Waals surface area contributed by atoms with Gasteiger partial charge in [0, 0.05) is 36.3 Å². The van der Waals surface area contributed by atoms with Crippen molar-refractivity contribution < 1.29 is 10.2 Å². The maximum atomic E-state index is 10.7. The van der Waals surface area contributed by atoms with Gasteiger partial charge in [0.1, 0.15) is 11.9 Å². The third kappa shape index (κ3) is 3.29. The van der Waals surface area contributed by atoms with Crippen LogP contribution in [0.5, 0.6) is 0 Å². The van der Waals surface area contributed by atoms with Gasteiger partial charge in [-0.15, -0.1) is 0 Å². The lowest BCUT2D eigenvalue weighted by Crippen LogP contribution is -2.33. The third-order valence-corrected chi connectivity index (χ3v) is 6.22. The maximum absolute atomic E-state index is 10.7. The molecule has 1 aliphatic carbocycles. The highest BCUT2D eigenvalue weighted by Crippen LogP contribution is 2.39. The molecule has 1 saturated carbocycles. The Labute approximate surface area is 169 Å². The third-order valence-electron chi connectivity index (χ3n) is 6.22. The minimum atomic E-state index is -0.733. The van der Waals surface area contributed by atoms with E-state index in [1.54, 1.807) is 0 Å². The second-order valence-corrected chi connectivity index (χ2v) is 8.16. The van der Waals surface area contributed by atoms with E-state index in [-0.39, 0.29) is 12.1 Å². The number of aliphatic hydroxyl groups excluding tert-OH is 2. The van der Waals surface area contributed by atoms with Crippen LogP contribution in [0.15, 0.2) is 30.5 Å². The lowest BCUT2D eigenvalue weighted by atomic mass is 9.93. The fourth-order valence-electron chi connectivity index (χ4n) is 4.67. The molecule has 3 heterocycles. The van der Waals surface area contributed by atoms with Crippen LogP contribution in [0.3, 0.4) is 0 Å². The summed E-state index contributed by atoms with van der Waals surface area (Å²) >= 11 is 0. The van der Waals surface area contributed by atoms with Gasteiger partial charge in [-0.3, -0.25) is 5.32 Å². The van der Waals surface area contributed by atoms with Crippen LogP contribution in [0, 0.1) is 6.92 Å². The van der Waals surface area contributed by atoms with Gasteiger partial charge in [-0.1, -0.05) is 24.3 Å². The fourth-order valence-corrected chi connectivity index (χ4v) is 4.67. The summed E-state index contributed by atoms with van der Waals surface area (Å²) in [6.45, 7) is 3.53. The molecule has 4 N–H and O–H groups in total. The number of aromatic nitrogens is 3. The monoisotopic (exact) mass is 393 g/mol. The number of nitrogens with one attached hydrogen (secondary N) is 2. The highest BCUT2D eigenvalue weighted by atomic mass is 16.3. The van der Waals surface area contributed by atoms with E-state index in [4.69, 9.17) is 4.98 Å². The van der Waals surface area contributed by atoms with Crippen molar-refractivity contribution in [1.82, 2.24) is 19.9 Å². The molecule has 0 saturated heterocycles. The highest BCUT2D eigenvalue weighted by molar-refractivity contribution is 5.97. The van der Waals surface area contributed by atoms with Crippen LogP contribution in [0.2, 0.25) is 0 Å². The van der Waals surface area contributed by atoms with Gasteiger partial charge in [0.15, 0.2) is 0 Å². The second-order valence-electron chi connectivity index (χ2n) is 8.16. The van der Waals surface area contributed by atoms with Crippen LogP contribution in [0.25, 0.3) is 22.2 Å². The molecule has 1 aromatic carbocycles. The number of rotatable bonds is 3. The molecule has 3 aromatic rings. The number of nitrogens with zero attached hydrogens (tertiary/aromatic N) is 3. The van der Waals surface area contributed by atoms with Crippen LogP contribution in [-0.4, -0.2) is 43.4 Å². The fraction of sp³-hybridized carbons (Fsp3) is 0.455. The van der Waals surface area contributed by atoms with Gasteiger partial charge >= 0.3 is 0 Å². The second kappa shape index (κ2) is 7.40. The summed E-state index contributed by atoms with van der Waals surface area (Å²) in [7, 11) is 0. The molecular weight excluding hydrogens is 366 g/mol. The van der Waals surface area contributed by atoms with Gasteiger partial charge in [-0.25, -0.2) is 4.98 Å². The minimum absolute atomic E-state index is 0.181. The van der Waals surface area contributed by atoms with Crippen molar-refractivity contribution in [2.75, 3.05) is 11.9 Å². The molecule has 29 heavy (non-hydrogen) atoms. The van der Waals surface area contributed by atoms with E-state index in [1.807, 2.05) is 18.3 Å². The minimum Gasteiger partial charge on any atom is -0.393 e. The first-order valence-electron chi connectivity index (χ1n) is 10.4. The van der Waals surface area contributed by atoms with Crippen molar-refractivity contribution in [2.24, 2.45) is 0 Å². The molecule has 5 rings (SSSR count). The number of benzene rings is 1. The Balaban J connectivity index is 1.60. The van der Waals surface area contributed by atoms with Crippen LogP contribution in [-0.2, 0) is 6.54 Å². The van der Waals surface area contributed by atoms with Crippen molar-refractivity contribution in [3.05, 3.63) is 41.7 Å². The molecule has 1 atom stereocenters. The van der Waals surface area contributed by atoms with Crippen LogP contribution in [0.4, 0.5) is 5.95 Å². The molecule has 1 aliphatic heterocycles. The van der Waals surface area contributed by atoms with E-state index in [2.05, 4.69) is 39.2 Å². The topological polar surface area (TPSA) is 95.2 Å². The molecule has 2 aromatic heterocycles. The van der Waals surface area contributed by atoms with Crippen molar-refractivity contribution in [3.8, 4) is 11.1 Å². The van der Waals surface area contributed by atoms with E-state index in [1.165, 1.54) is 0 Å². The van der Waals surface area contributed by atoms with Crippen molar-refractivity contribution in [3.63, 3.8) is 0 Å². The number of hydrogen-bond acceptors (Lipinski definition) is 6. The van der Waals surface area contributed by atoms with E-state index in [9.17, 15) is 10.2 Å². The molecule has 7 nitrogen and oxygen atoms in total. The Hall–Kier alpha value is -2.48. The molecule has 1 fully saturated rings. The van der Waals surface area contributed by atoms with Gasteiger partial charge in [0.2, 0.25) is 5.95 Å². The van der Waals surface area contributed by atoms with Crippen LogP contribution < -0.4 is 10.6 Å². The van der Waals surface area contributed by atoms with Gasteiger partial charge in [0.25, 0.3) is 0 Å². The van der Waals surface area contributed by atoms with E-state index in [0.717, 1.165) is 65.6 Å². The SMILES string of the molecule is Cc1ccccc1-c1c2n(c3nc(NC4CCC(O)CC4)ncc13)CCNC2O. The van der Waals surface area contributed by atoms with Crippen molar-refractivity contribution in [2.45, 2.75) is 57.5 Å². The Morgan fingerprint density at radius 3 is 2.72 bits per heavy atom. The smallest absolute Gasteiger partial charge is 0.224 e. The summed E-state index contributed by atoms with van der Waals surface area (Å²) in [5.41, 5.74) is 4.97. The number of aryl methyl sites for hydroxylation is 1.